The second kappa shape index (κ2) is 15.6. The van der Waals surface area contributed by atoms with Gasteiger partial charge in [0.15, 0.2) is 5.78 Å². The lowest BCUT2D eigenvalue weighted by atomic mass is 9.81. The third kappa shape index (κ3) is 7.65. The van der Waals surface area contributed by atoms with E-state index in [1.807, 2.05) is 98.5 Å². The zero-order chi connectivity index (χ0) is 34.2. The predicted molar refractivity (Wildman–Crippen MR) is 190 cm³/mol. The van der Waals surface area contributed by atoms with Crippen molar-refractivity contribution in [3.8, 4) is 0 Å². The van der Waals surface area contributed by atoms with Crippen molar-refractivity contribution >= 4 is 46.3 Å². The molecule has 3 N–H and O–H groups in total. The molecule has 0 saturated heterocycles. The van der Waals surface area contributed by atoms with Gasteiger partial charge < -0.3 is 16.0 Å². The Morgan fingerprint density at radius 3 is 2.04 bits per heavy atom. The Bertz CT molecular complexity index is 1740. The minimum Gasteiger partial charge on any atom is -0.369 e. The Morgan fingerprint density at radius 2 is 1.40 bits per heavy atom. The fourth-order valence-corrected chi connectivity index (χ4v) is 6.49. The molecule has 0 radical (unpaired) electrons. The van der Waals surface area contributed by atoms with Gasteiger partial charge in [0.25, 0.3) is 5.91 Å². The van der Waals surface area contributed by atoms with Gasteiger partial charge >= 0.3 is 0 Å². The van der Waals surface area contributed by atoms with Gasteiger partial charge in [0.05, 0.1) is 17.9 Å². The van der Waals surface area contributed by atoms with E-state index in [4.69, 9.17) is 5.73 Å². The van der Waals surface area contributed by atoms with E-state index in [9.17, 15) is 19.2 Å². The van der Waals surface area contributed by atoms with E-state index in [0.717, 1.165) is 24.2 Å². The summed E-state index contributed by atoms with van der Waals surface area (Å²) in [5.41, 5.74) is 9.59. The number of nitrogens with zero attached hydrogens (tertiary/aromatic N) is 2. The van der Waals surface area contributed by atoms with Crippen LogP contribution in [0.4, 0.5) is 22.7 Å². The first-order valence-electron chi connectivity index (χ1n) is 16.7. The molecule has 8 heteroatoms. The monoisotopic (exact) mass is 644 g/mol. The summed E-state index contributed by atoms with van der Waals surface area (Å²) in [5.74, 6) is -2.59. The minimum atomic E-state index is -0.993. The van der Waals surface area contributed by atoms with Crippen LogP contribution in [-0.2, 0) is 14.4 Å². The first kappa shape index (κ1) is 34.1. The maximum atomic E-state index is 14.8. The second-order valence-electron chi connectivity index (χ2n) is 12.8. The molecule has 3 atom stereocenters. The van der Waals surface area contributed by atoms with Crippen LogP contribution in [-0.4, -0.2) is 36.1 Å². The van der Waals surface area contributed by atoms with Crippen molar-refractivity contribution in [2.75, 3.05) is 16.3 Å². The molecule has 0 aromatic heterocycles. The molecule has 1 aliphatic rings. The third-order valence-electron chi connectivity index (χ3n) is 8.87. The number of nitrogens with two attached hydrogens (primary N) is 1. The number of ketones is 1. The zero-order valence-corrected chi connectivity index (χ0v) is 27.8. The van der Waals surface area contributed by atoms with Gasteiger partial charge in [0, 0.05) is 34.3 Å². The number of anilines is 4. The molecule has 1 unspecified atom stereocenters. The normalized spacial score (nSPS) is 15.8. The lowest BCUT2D eigenvalue weighted by Crippen LogP contribution is -2.53. The average Bonchev–Trinajstić information content (AvgIpc) is 3.22. The Hall–Kier alpha value is -5.24. The molecule has 8 nitrogen and oxygen atoms in total. The van der Waals surface area contributed by atoms with E-state index in [0.29, 0.717) is 35.3 Å². The van der Waals surface area contributed by atoms with E-state index in [-0.39, 0.29) is 30.1 Å². The number of hydrogen-bond donors (Lipinski definition) is 2. The lowest BCUT2D eigenvalue weighted by Gasteiger charge is -2.30. The average molecular weight is 645 g/mol. The molecular weight excluding hydrogens is 600 g/mol. The van der Waals surface area contributed by atoms with Gasteiger partial charge in [-0.15, -0.1) is 0 Å². The molecule has 248 valence electrons. The fourth-order valence-electron chi connectivity index (χ4n) is 6.49. The van der Waals surface area contributed by atoms with Gasteiger partial charge in [-0.3, -0.25) is 24.1 Å². The molecular formula is C40H44N4O4. The minimum absolute atomic E-state index is 0.125. The van der Waals surface area contributed by atoms with E-state index in [1.165, 1.54) is 0 Å². The molecule has 0 bridgehead atoms. The van der Waals surface area contributed by atoms with Gasteiger partial charge in [-0.05, 0) is 55.2 Å². The summed E-state index contributed by atoms with van der Waals surface area (Å²) in [6, 6.07) is 32.3. The van der Waals surface area contributed by atoms with E-state index < -0.39 is 23.8 Å². The number of hydrogen-bond acceptors (Lipinski definition) is 5. The van der Waals surface area contributed by atoms with Crippen molar-refractivity contribution in [3.63, 3.8) is 0 Å². The third-order valence-corrected chi connectivity index (χ3v) is 8.87. The van der Waals surface area contributed by atoms with Crippen molar-refractivity contribution in [1.29, 1.82) is 0 Å². The Balaban J connectivity index is 1.59. The highest BCUT2D eigenvalue weighted by molar-refractivity contribution is 6.12. The van der Waals surface area contributed by atoms with Crippen LogP contribution in [0.15, 0.2) is 109 Å². The van der Waals surface area contributed by atoms with Crippen LogP contribution in [0.3, 0.4) is 0 Å². The van der Waals surface area contributed by atoms with E-state index in [2.05, 4.69) is 5.32 Å². The highest BCUT2D eigenvalue weighted by Crippen LogP contribution is 2.41. The molecule has 0 aliphatic carbocycles. The van der Waals surface area contributed by atoms with Crippen molar-refractivity contribution in [1.82, 2.24) is 5.32 Å². The SMILES string of the molecule is CCCC[C@H](C(N)=O)[C@@H](CC(C)C)C(=O)NC1CN(c2ccccc2)c2ccccc2N(c2cccc(C(=O)c3ccccc3)c2)C1=O. The van der Waals surface area contributed by atoms with Gasteiger partial charge in [0.1, 0.15) is 6.04 Å². The van der Waals surface area contributed by atoms with Gasteiger partial charge in [-0.25, -0.2) is 0 Å². The Kier molecular flexibility index (Phi) is 11.1. The number of carbonyl (C=O) groups excluding carboxylic acids is 4. The summed E-state index contributed by atoms with van der Waals surface area (Å²) in [7, 11) is 0. The largest absolute Gasteiger partial charge is 0.369 e. The van der Waals surface area contributed by atoms with Crippen LogP contribution < -0.4 is 20.9 Å². The first-order chi connectivity index (χ1) is 23.2. The second-order valence-corrected chi connectivity index (χ2v) is 12.8. The number of primary amides is 1. The van der Waals surface area contributed by atoms with Crippen molar-refractivity contribution in [3.05, 3.63) is 120 Å². The van der Waals surface area contributed by atoms with Crippen LogP contribution in [0.5, 0.6) is 0 Å². The van der Waals surface area contributed by atoms with Crippen LogP contribution in [0, 0.1) is 17.8 Å². The first-order valence-corrected chi connectivity index (χ1v) is 16.7. The van der Waals surface area contributed by atoms with Crippen molar-refractivity contribution in [2.45, 2.75) is 52.5 Å². The number of benzene rings is 4. The summed E-state index contributed by atoms with van der Waals surface area (Å²) in [5, 5.41) is 3.08. The lowest BCUT2D eigenvalue weighted by molar-refractivity contribution is -0.136. The van der Waals surface area contributed by atoms with Crippen LogP contribution in [0.25, 0.3) is 0 Å². The Morgan fingerprint density at radius 1 is 0.792 bits per heavy atom. The number of rotatable bonds is 13. The highest BCUT2D eigenvalue weighted by atomic mass is 16.2. The molecule has 1 aliphatic heterocycles. The molecule has 1 heterocycles. The standard InChI is InChI=1S/C40H44N4O4/c1-4-5-21-32(38(41)46)33(24-27(2)3)39(47)42-34-26-43(30-18-10-7-11-19-30)35-22-12-13-23-36(35)44(40(34)48)31-20-14-17-29(25-31)37(45)28-15-8-6-9-16-28/h6-20,22-23,25,27,32-34H,4-5,21,24,26H2,1-3H3,(H2,41,46)(H,42,47)/t32-,33+,34?/m0/s1. The maximum absolute atomic E-state index is 14.8. The predicted octanol–water partition coefficient (Wildman–Crippen LogP) is 7.17. The van der Waals surface area contributed by atoms with Gasteiger partial charge in [-0.2, -0.15) is 0 Å². The highest BCUT2D eigenvalue weighted by Gasteiger charge is 2.39. The summed E-state index contributed by atoms with van der Waals surface area (Å²) >= 11 is 0. The molecule has 48 heavy (non-hydrogen) atoms. The number of amides is 3. The fraction of sp³-hybridized carbons (Fsp3) is 0.300. The summed E-state index contributed by atoms with van der Waals surface area (Å²) in [6.45, 7) is 6.20. The molecule has 5 rings (SSSR count). The number of para-hydroxylation sites is 3. The van der Waals surface area contributed by atoms with Crippen LogP contribution in [0.1, 0.15) is 62.4 Å². The van der Waals surface area contributed by atoms with Crippen molar-refractivity contribution in [2.24, 2.45) is 23.5 Å². The van der Waals surface area contributed by atoms with Crippen molar-refractivity contribution < 1.29 is 19.2 Å². The number of unbranched alkanes of at least 4 members (excludes halogenated alkanes) is 1. The molecule has 0 spiro atoms. The number of nitrogens with one attached hydrogen (secondary N) is 1. The molecule has 3 amide bonds. The number of fused-ring (bicyclic) bond motifs is 1. The van der Waals surface area contributed by atoms with Gasteiger partial charge in [-0.1, -0.05) is 106 Å². The number of carbonyl (C=O) groups is 4. The summed E-state index contributed by atoms with van der Waals surface area (Å²) < 4.78 is 0. The quantitative estimate of drug-likeness (QED) is 0.150. The summed E-state index contributed by atoms with van der Waals surface area (Å²) in [4.78, 5) is 58.8. The van der Waals surface area contributed by atoms with E-state index >= 15 is 0 Å². The van der Waals surface area contributed by atoms with Crippen LogP contribution >= 0.6 is 0 Å². The summed E-state index contributed by atoms with van der Waals surface area (Å²) in [6.07, 6.45) is 2.60. The topological polar surface area (TPSA) is 113 Å². The Labute approximate surface area is 282 Å². The van der Waals surface area contributed by atoms with E-state index in [1.54, 1.807) is 41.3 Å². The molecule has 4 aromatic rings. The molecule has 0 saturated carbocycles. The maximum Gasteiger partial charge on any atom is 0.256 e. The van der Waals surface area contributed by atoms with Gasteiger partial charge in [0.2, 0.25) is 11.8 Å². The molecule has 0 fully saturated rings. The zero-order valence-electron chi connectivity index (χ0n) is 27.8. The smallest absolute Gasteiger partial charge is 0.256 e. The molecule has 4 aromatic carbocycles. The van der Waals surface area contributed by atoms with Crippen LogP contribution in [0.2, 0.25) is 0 Å².